The highest BCUT2D eigenvalue weighted by Gasteiger charge is 2.12. The van der Waals surface area contributed by atoms with Gasteiger partial charge in [0, 0.05) is 30.7 Å². The summed E-state index contributed by atoms with van der Waals surface area (Å²) in [4.78, 5) is 12.2. The number of ether oxygens (including phenoxy) is 2. The molecule has 0 aliphatic rings. The SMILES string of the molecule is CCOc1cc(/C=N\NC(=O)c2cccc(Br)c2)c(Br)cc1OCc1ccccc1Cl. The van der Waals surface area contributed by atoms with Gasteiger partial charge in [-0.15, -0.1) is 0 Å². The fraction of sp³-hybridized carbons (Fsp3) is 0.130. The molecule has 8 heteroatoms. The smallest absolute Gasteiger partial charge is 0.271 e. The maximum atomic E-state index is 12.2. The van der Waals surface area contributed by atoms with Gasteiger partial charge in [-0.2, -0.15) is 5.10 Å². The van der Waals surface area contributed by atoms with Crippen LogP contribution in [-0.4, -0.2) is 18.7 Å². The molecule has 3 aromatic rings. The molecule has 0 bridgehead atoms. The molecule has 0 fully saturated rings. The van der Waals surface area contributed by atoms with Crippen molar-refractivity contribution in [2.24, 2.45) is 5.10 Å². The number of amides is 1. The van der Waals surface area contributed by atoms with E-state index < -0.39 is 0 Å². The predicted octanol–water partition coefficient (Wildman–Crippen LogP) is 6.61. The van der Waals surface area contributed by atoms with Crippen LogP contribution < -0.4 is 14.9 Å². The normalized spacial score (nSPS) is 10.8. The first-order valence-corrected chi connectivity index (χ1v) is 11.4. The summed E-state index contributed by atoms with van der Waals surface area (Å²) in [7, 11) is 0. The van der Waals surface area contributed by atoms with Gasteiger partial charge in [0.25, 0.3) is 5.91 Å². The van der Waals surface area contributed by atoms with Crippen molar-refractivity contribution in [2.45, 2.75) is 13.5 Å². The number of halogens is 3. The molecule has 0 saturated heterocycles. The number of rotatable bonds is 8. The highest BCUT2D eigenvalue weighted by molar-refractivity contribution is 9.10. The average molecular weight is 567 g/mol. The number of benzene rings is 3. The summed E-state index contributed by atoms with van der Waals surface area (Å²) in [6, 6.07) is 18.2. The first-order chi connectivity index (χ1) is 15.0. The van der Waals surface area contributed by atoms with Crippen LogP contribution in [0.15, 0.2) is 74.7 Å². The Morgan fingerprint density at radius 3 is 2.58 bits per heavy atom. The van der Waals surface area contributed by atoms with Crippen molar-refractivity contribution < 1.29 is 14.3 Å². The van der Waals surface area contributed by atoms with E-state index in [0.717, 1.165) is 20.1 Å². The van der Waals surface area contributed by atoms with Crippen molar-refractivity contribution >= 4 is 55.6 Å². The number of hydrogen-bond donors (Lipinski definition) is 1. The van der Waals surface area contributed by atoms with Crippen LogP contribution in [0.25, 0.3) is 0 Å². The minimum atomic E-state index is -0.307. The van der Waals surface area contributed by atoms with Crippen molar-refractivity contribution in [1.82, 2.24) is 5.43 Å². The number of nitrogens with zero attached hydrogens (tertiary/aromatic N) is 1. The zero-order chi connectivity index (χ0) is 22.2. The maximum Gasteiger partial charge on any atom is 0.271 e. The third-order valence-electron chi connectivity index (χ3n) is 4.16. The first-order valence-electron chi connectivity index (χ1n) is 9.39. The molecule has 0 aliphatic heterocycles. The molecule has 31 heavy (non-hydrogen) atoms. The molecule has 0 unspecified atom stereocenters. The quantitative estimate of drug-likeness (QED) is 0.247. The van der Waals surface area contributed by atoms with E-state index in [1.165, 1.54) is 0 Å². The van der Waals surface area contributed by atoms with Gasteiger partial charge in [0.1, 0.15) is 6.61 Å². The van der Waals surface area contributed by atoms with Crippen LogP contribution in [-0.2, 0) is 6.61 Å². The Balaban J connectivity index is 1.73. The van der Waals surface area contributed by atoms with E-state index in [2.05, 4.69) is 42.4 Å². The lowest BCUT2D eigenvalue weighted by atomic mass is 10.2. The summed E-state index contributed by atoms with van der Waals surface area (Å²) in [5.74, 6) is 0.833. The van der Waals surface area contributed by atoms with Crippen molar-refractivity contribution in [1.29, 1.82) is 0 Å². The van der Waals surface area contributed by atoms with E-state index in [1.807, 2.05) is 37.3 Å². The number of carbonyl (C=O) groups excluding carboxylic acids is 1. The highest BCUT2D eigenvalue weighted by atomic mass is 79.9. The maximum absolute atomic E-state index is 12.2. The number of nitrogens with one attached hydrogen (secondary N) is 1. The molecule has 0 aliphatic carbocycles. The molecule has 160 valence electrons. The number of hydrogen-bond acceptors (Lipinski definition) is 4. The fourth-order valence-corrected chi connectivity index (χ4v) is 3.67. The van der Waals surface area contributed by atoms with Gasteiger partial charge in [-0.05, 0) is 59.3 Å². The molecule has 0 radical (unpaired) electrons. The number of carbonyl (C=O) groups is 1. The Morgan fingerprint density at radius 1 is 1.06 bits per heavy atom. The minimum absolute atomic E-state index is 0.307. The summed E-state index contributed by atoms with van der Waals surface area (Å²) in [6.07, 6.45) is 1.54. The Kier molecular flexibility index (Phi) is 8.51. The molecule has 0 saturated carbocycles. The van der Waals surface area contributed by atoms with Crippen molar-refractivity contribution in [2.75, 3.05) is 6.61 Å². The Hall–Kier alpha value is -2.35. The zero-order valence-electron chi connectivity index (χ0n) is 16.6. The largest absolute Gasteiger partial charge is 0.490 e. The summed E-state index contributed by atoms with van der Waals surface area (Å²) in [5, 5.41) is 4.70. The molecule has 3 aromatic carbocycles. The molecule has 1 N–H and O–H groups in total. The topological polar surface area (TPSA) is 59.9 Å². The van der Waals surface area contributed by atoms with Crippen molar-refractivity contribution in [3.8, 4) is 11.5 Å². The van der Waals surface area contributed by atoms with E-state index in [4.69, 9.17) is 21.1 Å². The van der Waals surface area contributed by atoms with E-state index in [0.29, 0.717) is 35.3 Å². The Labute approximate surface area is 202 Å². The van der Waals surface area contributed by atoms with Crippen LogP contribution in [0.5, 0.6) is 11.5 Å². The van der Waals surface area contributed by atoms with Gasteiger partial charge in [0.15, 0.2) is 11.5 Å². The summed E-state index contributed by atoms with van der Waals surface area (Å²) >= 11 is 13.1. The molecule has 0 heterocycles. The zero-order valence-corrected chi connectivity index (χ0v) is 20.5. The summed E-state index contributed by atoms with van der Waals surface area (Å²) in [5.41, 5.74) is 4.63. The average Bonchev–Trinajstić information content (AvgIpc) is 2.75. The summed E-state index contributed by atoms with van der Waals surface area (Å²) in [6.45, 7) is 2.68. The van der Waals surface area contributed by atoms with Crippen LogP contribution in [0, 0.1) is 0 Å². The van der Waals surface area contributed by atoms with Gasteiger partial charge < -0.3 is 9.47 Å². The van der Waals surface area contributed by atoms with Crippen LogP contribution in [0.4, 0.5) is 0 Å². The van der Waals surface area contributed by atoms with Gasteiger partial charge in [-0.25, -0.2) is 5.43 Å². The lowest BCUT2D eigenvalue weighted by Crippen LogP contribution is -2.17. The van der Waals surface area contributed by atoms with Gasteiger partial charge in [0.05, 0.1) is 12.8 Å². The van der Waals surface area contributed by atoms with Crippen LogP contribution in [0.3, 0.4) is 0 Å². The second kappa shape index (κ2) is 11.3. The van der Waals surface area contributed by atoms with E-state index in [-0.39, 0.29) is 5.91 Å². The minimum Gasteiger partial charge on any atom is -0.490 e. The monoisotopic (exact) mass is 564 g/mol. The fourth-order valence-electron chi connectivity index (χ4n) is 2.66. The van der Waals surface area contributed by atoms with Crippen LogP contribution in [0.2, 0.25) is 5.02 Å². The Morgan fingerprint density at radius 2 is 1.84 bits per heavy atom. The molecular weight excluding hydrogens is 548 g/mol. The van der Waals surface area contributed by atoms with E-state index in [9.17, 15) is 4.79 Å². The van der Waals surface area contributed by atoms with E-state index in [1.54, 1.807) is 36.5 Å². The van der Waals surface area contributed by atoms with Crippen LogP contribution >= 0.6 is 43.5 Å². The molecule has 0 aromatic heterocycles. The third kappa shape index (κ3) is 6.56. The van der Waals surface area contributed by atoms with Gasteiger partial charge >= 0.3 is 0 Å². The van der Waals surface area contributed by atoms with E-state index >= 15 is 0 Å². The van der Waals surface area contributed by atoms with Gasteiger partial charge in [-0.1, -0.05) is 51.8 Å². The highest BCUT2D eigenvalue weighted by Crippen LogP contribution is 2.34. The second-order valence-corrected chi connectivity index (χ2v) is 8.52. The third-order valence-corrected chi connectivity index (χ3v) is 5.71. The lowest BCUT2D eigenvalue weighted by molar-refractivity contribution is 0.0955. The summed E-state index contributed by atoms with van der Waals surface area (Å²) < 4.78 is 13.2. The molecule has 1 amide bonds. The number of hydrazone groups is 1. The van der Waals surface area contributed by atoms with Gasteiger partial charge in [0.2, 0.25) is 0 Å². The molecular formula is C23H19Br2ClN2O3. The lowest BCUT2D eigenvalue weighted by Gasteiger charge is -2.14. The molecule has 0 atom stereocenters. The van der Waals surface area contributed by atoms with Crippen LogP contribution in [0.1, 0.15) is 28.4 Å². The standard InChI is InChI=1S/C23H19Br2ClN2O3/c1-2-30-21-11-17(13-27-28-23(29)15-7-5-8-18(24)10-15)19(25)12-22(21)31-14-16-6-3-4-9-20(16)26/h3-13H,2,14H2,1H3,(H,28,29)/b27-13-. The first kappa shape index (κ1) is 23.3. The second-order valence-electron chi connectivity index (χ2n) is 6.34. The van der Waals surface area contributed by atoms with Crippen molar-refractivity contribution in [3.05, 3.63) is 91.3 Å². The Bertz CT molecular complexity index is 1110. The molecule has 3 rings (SSSR count). The predicted molar refractivity (Wildman–Crippen MR) is 130 cm³/mol. The molecule has 5 nitrogen and oxygen atoms in total. The van der Waals surface area contributed by atoms with Crippen molar-refractivity contribution in [3.63, 3.8) is 0 Å². The van der Waals surface area contributed by atoms with Gasteiger partial charge in [-0.3, -0.25) is 4.79 Å². The molecule has 0 spiro atoms.